The molecule has 0 bridgehead atoms. The number of ether oxygens (including phenoxy) is 1. The van der Waals surface area contributed by atoms with Gasteiger partial charge in [-0.25, -0.2) is 4.79 Å². The van der Waals surface area contributed by atoms with E-state index in [0.29, 0.717) is 5.57 Å². The first-order valence-electron chi connectivity index (χ1n) is 4.77. The summed E-state index contributed by atoms with van der Waals surface area (Å²) in [6.07, 6.45) is 3.23. The summed E-state index contributed by atoms with van der Waals surface area (Å²) in [5, 5.41) is 0. The number of methoxy groups -OCH3 is 1. The van der Waals surface area contributed by atoms with Gasteiger partial charge in [-0.15, -0.1) is 0 Å². The zero-order chi connectivity index (χ0) is 12.1. The molecule has 0 N–H and O–H groups in total. The number of halogens is 1. The second-order valence-corrected chi connectivity index (χ2v) is 4.18. The van der Waals surface area contributed by atoms with E-state index in [1.54, 1.807) is 12.2 Å². The highest BCUT2D eigenvalue weighted by Crippen LogP contribution is 2.24. The summed E-state index contributed by atoms with van der Waals surface area (Å²) in [7, 11) is 1.37. The maximum atomic E-state index is 11.6. The highest BCUT2D eigenvalue weighted by Gasteiger charge is 2.13. The predicted octanol–water partition coefficient (Wildman–Crippen LogP) is 3.50. The summed E-state index contributed by atoms with van der Waals surface area (Å²) in [4.78, 5) is 11.6. The standard InChI is InChI=1S/C13H13BrO2/c1-4-5-11(13(15)16-3)12-8-10(14)7-6-9(12)2/h4-8H,1H2,2-3H3/b11-5+. The van der Waals surface area contributed by atoms with Crippen LogP contribution in [0.25, 0.3) is 5.57 Å². The van der Waals surface area contributed by atoms with E-state index in [2.05, 4.69) is 22.5 Å². The van der Waals surface area contributed by atoms with Crippen LogP contribution in [0.1, 0.15) is 11.1 Å². The molecule has 0 atom stereocenters. The number of aryl methyl sites for hydroxylation is 1. The van der Waals surface area contributed by atoms with Crippen LogP contribution in [0.4, 0.5) is 0 Å². The average molecular weight is 281 g/mol. The predicted molar refractivity (Wildman–Crippen MR) is 69.1 cm³/mol. The molecule has 0 saturated heterocycles. The van der Waals surface area contributed by atoms with Gasteiger partial charge in [0, 0.05) is 4.47 Å². The van der Waals surface area contributed by atoms with Gasteiger partial charge in [-0.05, 0) is 36.3 Å². The molecule has 1 aromatic carbocycles. The number of carbonyl (C=O) groups excluding carboxylic acids is 1. The van der Waals surface area contributed by atoms with Crippen molar-refractivity contribution in [3.63, 3.8) is 0 Å². The molecule has 0 aromatic heterocycles. The highest BCUT2D eigenvalue weighted by molar-refractivity contribution is 9.10. The Balaban J connectivity index is 3.31. The van der Waals surface area contributed by atoms with Gasteiger partial charge < -0.3 is 4.74 Å². The molecule has 1 rings (SSSR count). The van der Waals surface area contributed by atoms with Gasteiger partial charge in [-0.3, -0.25) is 0 Å². The number of benzene rings is 1. The third-order valence-electron chi connectivity index (χ3n) is 2.18. The number of hydrogen-bond acceptors (Lipinski definition) is 2. The maximum absolute atomic E-state index is 11.6. The SMILES string of the molecule is C=C/C=C(/C(=O)OC)c1cc(Br)ccc1C. The molecule has 1 aromatic rings. The largest absolute Gasteiger partial charge is 0.465 e. The molecule has 2 nitrogen and oxygen atoms in total. The van der Waals surface area contributed by atoms with E-state index in [9.17, 15) is 4.79 Å². The van der Waals surface area contributed by atoms with Crippen LogP contribution >= 0.6 is 15.9 Å². The topological polar surface area (TPSA) is 26.3 Å². The van der Waals surface area contributed by atoms with Crippen LogP contribution in [0.3, 0.4) is 0 Å². The van der Waals surface area contributed by atoms with Gasteiger partial charge in [0.1, 0.15) is 0 Å². The van der Waals surface area contributed by atoms with Crippen molar-refractivity contribution in [2.75, 3.05) is 7.11 Å². The molecule has 0 unspecified atom stereocenters. The molecular formula is C13H13BrO2. The normalized spacial score (nSPS) is 11.1. The van der Waals surface area contributed by atoms with E-state index in [0.717, 1.165) is 15.6 Å². The van der Waals surface area contributed by atoms with Gasteiger partial charge in [-0.2, -0.15) is 0 Å². The fourth-order valence-electron chi connectivity index (χ4n) is 1.38. The Morgan fingerprint density at radius 3 is 2.75 bits per heavy atom. The van der Waals surface area contributed by atoms with E-state index in [4.69, 9.17) is 4.74 Å². The summed E-state index contributed by atoms with van der Waals surface area (Å²) >= 11 is 3.38. The van der Waals surface area contributed by atoms with Crippen LogP contribution in [0.2, 0.25) is 0 Å². The minimum absolute atomic E-state index is 0.360. The Labute approximate surface area is 104 Å². The third kappa shape index (κ3) is 2.83. The number of carbonyl (C=O) groups is 1. The molecule has 16 heavy (non-hydrogen) atoms. The van der Waals surface area contributed by atoms with Crippen LogP contribution in [-0.2, 0) is 9.53 Å². The number of allylic oxidation sites excluding steroid dienone is 2. The van der Waals surface area contributed by atoms with Gasteiger partial charge >= 0.3 is 5.97 Å². The first kappa shape index (κ1) is 12.7. The van der Waals surface area contributed by atoms with Crippen molar-refractivity contribution < 1.29 is 9.53 Å². The van der Waals surface area contributed by atoms with Crippen molar-refractivity contribution >= 4 is 27.5 Å². The number of esters is 1. The molecule has 0 radical (unpaired) electrons. The molecule has 0 aliphatic heterocycles. The second kappa shape index (κ2) is 5.66. The van der Waals surface area contributed by atoms with Crippen molar-refractivity contribution in [2.24, 2.45) is 0 Å². The second-order valence-electron chi connectivity index (χ2n) is 3.27. The summed E-state index contributed by atoms with van der Waals surface area (Å²) in [5.74, 6) is -0.360. The van der Waals surface area contributed by atoms with Crippen molar-refractivity contribution in [1.82, 2.24) is 0 Å². The van der Waals surface area contributed by atoms with Crippen molar-refractivity contribution in [2.45, 2.75) is 6.92 Å². The molecule has 0 saturated carbocycles. The zero-order valence-corrected chi connectivity index (χ0v) is 10.9. The molecule has 0 heterocycles. The van der Waals surface area contributed by atoms with E-state index in [1.807, 2.05) is 25.1 Å². The highest BCUT2D eigenvalue weighted by atomic mass is 79.9. The quantitative estimate of drug-likeness (QED) is 0.481. The summed E-state index contributed by atoms with van der Waals surface area (Å²) < 4.78 is 5.67. The number of rotatable bonds is 3. The van der Waals surface area contributed by atoms with Gasteiger partial charge in [0.15, 0.2) is 0 Å². The minimum atomic E-state index is -0.360. The lowest BCUT2D eigenvalue weighted by atomic mass is 10.0. The Hall–Kier alpha value is -1.35. The van der Waals surface area contributed by atoms with Gasteiger partial charge in [0.2, 0.25) is 0 Å². The molecule has 0 spiro atoms. The van der Waals surface area contributed by atoms with Crippen LogP contribution < -0.4 is 0 Å². The first-order valence-corrected chi connectivity index (χ1v) is 5.57. The molecule has 0 amide bonds. The molecule has 0 fully saturated rings. The van der Waals surface area contributed by atoms with E-state index in [1.165, 1.54) is 7.11 Å². The monoisotopic (exact) mass is 280 g/mol. The molecule has 84 valence electrons. The fraction of sp³-hybridized carbons (Fsp3) is 0.154. The summed E-state index contributed by atoms with van der Waals surface area (Å²) in [6.45, 7) is 5.54. The average Bonchev–Trinajstić information content (AvgIpc) is 2.28. The van der Waals surface area contributed by atoms with Crippen LogP contribution in [-0.4, -0.2) is 13.1 Å². The van der Waals surface area contributed by atoms with Gasteiger partial charge in [0.05, 0.1) is 12.7 Å². The molecular weight excluding hydrogens is 268 g/mol. The molecule has 3 heteroatoms. The van der Waals surface area contributed by atoms with E-state index < -0.39 is 0 Å². The Kier molecular flexibility index (Phi) is 4.50. The third-order valence-corrected chi connectivity index (χ3v) is 2.67. The maximum Gasteiger partial charge on any atom is 0.338 e. The van der Waals surface area contributed by atoms with Crippen molar-refractivity contribution in [1.29, 1.82) is 0 Å². The lowest BCUT2D eigenvalue weighted by Gasteiger charge is -2.08. The van der Waals surface area contributed by atoms with Gasteiger partial charge in [0.25, 0.3) is 0 Å². The van der Waals surface area contributed by atoms with Gasteiger partial charge in [-0.1, -0.05) is 34.7 Å². The summed E-state index contributed by atoms with van der Waals surface area (Å²) in [5.41, 5.74) is 2.37. The minimum Gasteiger partial charge on any atom is -0.465 e. The first-order chi connectivity index (χ1) is 7.60. The van der Waals surface area contributed by atoms with Crippen LogP contribution in [0, 0.1) is 6.92 Å². The van der Waals surface area contributed by atoms with Crippen molar-refractivity contribution in [3.05, 3.63) is 52.5 Å². The molecule has 0 aliphatic carbocycles. The lowest BCUT2D eigenvalue weighted by molar-refractivity contribution is -0.133. The zero-order valence-electron chi connectivity index (χ0n) is 9.29. The Morgan fingerprint density at radius 2 is 2.19 bits per heavy atom. The van der Waals surface area contributed by atoms with E-state index in [-0.39, 0.29) is 5.97 Å². The Morgan fingerprint density at radius 1 is 1.50 bits per heavy atom. The summed E-state index contributed by atoms with van der Waals surface area (Å²) in [6, 6.07) is 5.77. The molecule has 0 aliphatic rings. The van der Waals surface area contributed by atoms with Crippen molar-refractivity contribution in [3.8, 4) is 0 Å². The number of hydrogen-bond donors (Lipinski definition) is 0. The smallest absolute Gasteiger partial charge is 0.338 e. The van der Waals surface area contributed by atoms with Crippen LogP contribution in [0.15, 0.2) is 41.4 Å². The van der Waals surface area contributed by atoms with E-state index >= 15 is 0 Å². The van der Waals surface area contributed by atoms with Crippen LogP contribution in [0.5, 0.6) is 0 Å². The lowest BCUT2D eigenvalue weighted by Crippen LogP contribution is -2.05. The Bertz CT molecular complexity index is 447. The fourth-order valence-corrected chi connectivity index (χ4v) is 1.74.